The molecule has 2 atom stereocenters. The lowest BCUT2D eigenvalue weighted by atomic mass is 10.0. The topological polar surface area (TPSA) is 12.0 Å². The van der Waals surface area contributed by atoms with Crippen LogP contribution in [0.15, 0.2) is 23.8 Å². The summed E-state index contributed by atoms with van der Waals surface area (Å²) in [7, 11) is 0. The third-order valence-corrected chi connectivity index (χ3v) is 5.46. The van der Waals surface area contributed by atoms with Crippen LogP contribution in [0.1, 0.15) is 25.8 Å². The minimum atomic E-state index is -0.406. The summed E-state index contributed by atoms with van der Waals surface area (Å²) >= 11 is 12.0. The van der Waals surface area contributed by atoms with Gasteiger partial charge >= 0.3 is 0 Å². The van der Waals surface area contributed by atoms with Crippen LogP contribution in [0.4, 0.5) is 4.39 Å². The average Bonchev–Trinajstić information content (AvgIpc) is 2.79. The van der Waals surface area contributed by atoms with E-state index < -0.39 is 5.82 Å². The third kappa shape index (κ3) is 2.38. The molecule has 0 radical (unpaired) electrons. The van der Waals surface area contributed by atoms with Crippen molar-refractivity contribution in [3.8, 4) is 0 Å². The second-order valence-corrected chi connectivity index (χ2v) is 7.05. The first kappa shape index (κ1) is 14.4. The Bertz CT molecular complexity index is 580. The second kappa shape index (κ2) is 5.01. The Morgan fingerprint density at radius 2 is 2.10 bits per heavy atom. The molecule has 3 rings (SSSR count). The molecule has 1 saturated carbocycles. The fourth-order valence-corrected chi connectivity index (χ4v) is 3.85. The summed E-state index contributed by atoms with van der Waals surface area (Å²) < 4.78 is 13.4. The van der Waals surface area contributed by atoms with Crippen LogP contribution < -0.4 is 5.32 Å². The number of benzene rings is 1. The average molecular weight is 314 g/mol. The van der Waals surface area contributed by atoms with Crippen LogP contribution in [0.2, 0.25) is 10.0 Å². The minimum Gasteiger partial charge on any atom is -0.310 e. The molecule has 1 N–H and O–H groups in total. The van der Waals surface area contributed by atoms with Gasteiger partial charge in [0.2, 0.25) is 0 Å². The Labute approximate surface area is 129 Å². The van der Waals surface area contributed by atoms with Crippen molar-refractivity contribution in [2.75, 3.05) is 6.54 Å². The van der Waals surface area contributed by atoms with Gasteiger partial charge in [-0.05, 0) is 48.4 Å². The number of hydrogen-bond donors (Lipinski definition) is 1. The van der Waals surface area contributed by atoms with Gasteiger partial charge < -0.3 is 5.32 Å². The molecule has 1 nitrogen and oxygen atoms in total. The monoisotopic (exact) mass is 313 g/mol. The van der Waals surface area contributed by atoms with Crippen molar-refractivity contribution >= 4 is 23.2 Å². The molecule has 2 aliphatic carbocycles. The molecule has 4 heteroatoms. The zero-order chi connectivity index (χ0) is 14.5. The highest BCUT2D eigenvalue weighted by atomic mass is 35.5. The fourth-order valence-electron chi connectivity index (χ4n) is 3.29. The van der Waals surface area contributed by atoms with Crippen molar-refractivity contribution in [3.63, 3.8) is 0 Å². The number of halogens is 3. The summed E-state index contributed by atoms with van der Waals surface area (Å²) in [5.41, 5.74) is 2.70. The first-order valence-electron chi connectivity index (χ1n) is 6.99. The molecule has 108 valence electrons. The van der Waals surface area contributed by atoms with Gasteiger partial charge in [-0.25, -0.2) is 4.39 Å². The van der Waals surface area contributed by atoms with Gasteiger partial charge in [-0.15, -0.1) is 0 Å². The lowest BCUT2D eigenvalue weighted by molar-refractivity contribution is 0.465. The Kier molecular flexibility index (Phi) is 3.60. The van der Waals surface area contributed by atoms with Crippen molar-refractivity contribution in [3.05, 3.63) is 45.2 Å². The van der Waals surface area contributed by atoms with Gasteiger partial charge in [-0.3, -0.25) is 0 Å². The Balaban J connectivity index is 1.56. The third-order valence-electron chi connectivity index (χ3n) is 4.70. The van der Waals surface area contributed by atoms with Gasteiger partial charge in [0.1, 0.15) is 5.82 Å². The van der Waals surface area contributed by atoms with Crippen molar-refractivity contribution in [2.45, 2.75) is 32.7 Å². The minimum absolute atomic E-state index is 0.146. The molecule has 1 aromatic carbocycles. The molecule has 1 aromatic rings. The molecule has 0 amide bonds. The van der Waals surface area contributed by atoms with Crippen molar-refractivity contribution in [1.82, 2.24) is 5.32 Å². The van der Waals surface area contributed by atoms with E-state index in [1.54, 1.807) is 11.6 Å². The molecule has 1 fully saturated rings. The van der Waals surface area contributed by atoms with Crippen molar-refractivity contribution < 1.29 is 4.39 Å². The van der Waals surface area contributed by atoms with Crippen LogP contribution in [0.3, 0.4) is 0 Å². The normalized spacial score (nSPS) is 26.4. The van der Waals surface area contributed by atoms with Gasteiger partial charge in [0.25, 0.3) is 0 Å². The van der Waals surface area contributed by atoms with E-state index in [4.69, 9.17) is 23.2 Å². The van der Waals surface area contributed by atoms with E-state index in [1.807, 2.05) is 0 Å². The summed E-state index contributed by atoms with van der Waals surface area (Å²) in [6, 6.07) is 3.31. The summed E-state index contributed by atoms with van der Waals surface area (Å²) in [5.74, 6) is 0.346. The van der Waals surface area contributed by atoms with Gasteiger partial charge in [0.05, 0.1) is 5.02 Å². The SMILES string of the molecule is CC1(C)C2=C[C@@H](NCCc3c(Cl)ccc(F)c3Cl)C[C@H]21. The number of allylic oxidation sites excluding steroid dienone is 1. The first-order valence-corrected chi connectivity index (χ1v) is 7.75. The Hall–Kier alpha value is -0.570. The highest BCUT2D eigenvalue weighted by molar-refractivity contribution is 6.36. The first-order chi connectivity index (χ1) is 9.41. The zero-order valence-electron chi connectivity index (χ0n) is 11.6. The van der Waals surface area contributed by atoms with Gasteiger partial charge in [0.15, 0.2) is 0 Å². The molecule has 0 aliphatic heterocycles. The summed E-state index contributed by atoms with van der Waals surface area (Å²) in [6.45, 7) is 5.35. The van der Waals surface area contributed by atoms with E-state index in [2.05, 4.69) is 25.2 Å². The van der Waals surface area contributed by atoms with Crippen LogP contribution in [0, 0.1) is 17.2 Å². The summed E-state index contributed by atoms with van der Waals surface area (Å²) in [5, 5.41) is 4.17. The number of fused-ring (bicyclic) bond motifs is 1. The van der Waals surface area contributed by atoms with E-state index in [-0.39, 0.29) is 5.02 Å². The van der Waals surface area contributed by atoms with Gasteiger partial charge in [-0.2, -0.15) is 0 Å². The number of rotatable bonds is 4. The smallest absolute Gasteiger partial charge is 0.142 e. The van der Waals surface area contributed by atoms with Crippen LogP contribution in [-0.4, -0.2) is 12.6 Å². The van der Waals surface area contributed by atoms with Crippen molar-refractivity contribution in [2.24, 2.45) is 11.3 Å². The molecular formula is C16H18Cl2FN. The molecule has 0 aromatic heterocycles. The molecular weight excluding hydrogens is 296 g/mol. The molecule has 0 saturated heterocycles. The second-order valence-electron chi connectivity index (χ2n) is 6.26. The van der Waals surface area contributed by atoms with E-state index >= 15 is 0 Å². The lowest BCUT2D eigenvalue weighted by Gasteiger charge is -2.16. The lowest BCUT2D eigenvalue weighted by Crippen LogP contribution is -2.29. The molecule has 0 unspecified atom stereocenters. The predicted molar refractivity (Wildman–Crippen MR) is 81.9 cm³/mol. The summed E-state index contributed by atoms with van der Waals surface area (Å²) in [6.07, 6.45) is 4.16. The summed E-state index contributed by atoms with van der Waals surface area (Å²) in [4.78, 5) is 0. The largest absolute Gasteiger partial charge is 0.310 e. The van der Waals surface area contributed by atoms with Crippen LogP contribution in [0.5, 0.6) is 0 Å². The fraction of sp³-hybridized carbons (Fsp3) is 0.500. The quantitative estimate of drug-likeness (QED) is 0.632. The Morgan fingerprint density at radius 1 is 1.35 bits per heavy atom. The molecule has 0 spiro atoms. The molecule has 0 heterocycles. The van der Waals surface area contributed by atoms with E-state index in [1.165, 1.54) is 12.5 Å². The zero-order valence-corrected chi connectivity index (χ0v) is 13.2. The van der Waals surface area contributed by atoms with E-state index in [9.17, 15) is 4.39 Å². The van der Waals surface area contributed by atoms with Gasteiger partial charge in [0, 0.05) is 11.1 Å². The Morgan fingerprint density at radius 3 is 2.75 bits per heavy atom. The van der Waals surface area contributed by atoms with Gasteiger partial charge in [-0.1, -0.05) is 48.7 Å². The predicted octanol–water partition coefficient (Wildman–Crippen LogP) is 4.62. The van der Waals surface area contributed by atoms with Crippen LogP contribution in [-0.2, 0) is 6.42 Å². The maximum absolute atomic E-state index is 13.4. The highest BCUT2D eigenvalue weighted by Gasteiger charge is 2.55. The maximum atomic E-state index is 13.4. The number of hydrogen-bond acceptors (Lipinski definition) is 1. The van der Waals surface area contributed by atoms with Crippen LogP contribution in [0.25, 0.3) is 0 Å². The van der Waals surface area contributed by atoms with Crippen LogP contribution >= 0.6 is 23.2 Å². The van der Waals surface area contributed by atoms with Crippen molar-refractivity contribution in [1.29, 1.82) is 0 Å². The standard InChI is InChI=1S/C16H18Cl2FN/c1-16(2)11-7-9(8-12(11)16)20-6-5-10-13(17)3-4-14(19)15(10)18/h3-4,7,9,12,20H,5-6,8H2,1-2H3/t9-,12-/m1/s1. The molecule has 20 heavy (non-hydrogen) atoms. The molecule has 2 aliphatic rings. The van der Waals surface area contributed by atoms with E-state index in [0.717, 1.165) is 12.5 Å². The maximum Gasteiger partial charge on any atom is 0.142 e. The van der Waals surface area contributed by atoms with E-state index in [0.29, 0.717) is 28.5 Å². The number of nitrogens with one attached hydrogen (secondary N) is 1. The highest BCUT2D eigenvalue weighted by Crippen LogP contribution is 2.63. The molecule has 0 bridgehead atoms.